The van der Waals surface area contributed by atoms with Gasteiger partial charge < -0.3 is 15.1 Å². The van der Waals surface area contributed by atoms with Crippen LogP contribution in [0.3, 0.4) is 0 Å². The van der Waals surface area contributed by atoms with Crippen LogP contribution in [0.1, 0.15) is 15.9 Å². The predicted octanol–water partition coefficient (Wildman–Crippen LogP) is -0.0497. The molecule has 1 aromatic heterocycles. The van der Waals surface area contributed by atoms with E-state index in [4.69, 9.17) is 5.11 Å². The van der Waals surface area contributed by atoms with Crippen molar-refractivity contribution in [2.75, 3.05) is 11.9 Å². The SMILES string of the molecule is CN1C(=O)C(O)(C(F)(F)F)c2cc(-n3cc(C(=O)O)c(=O)[nH]c3=O)ccc21. The van der Waals surface area contributed by atoms with Gasteiger partial charge in [0.25, 0.3) is 17.1 Å². The first-order chi connectivity index (χ1) is 12.4. The number of hydrogen-bond acceptors (Lipinski definition) is 5. The molecule has 1 aliphatic heterocycles. The minimum Gasteiger partial charge on any atom is -0.477 e. The van der Waals surface area contributed by atoms with Gasteiger partial charge in [-0.15, -0.1) is 0 Å². The second-order valence-corrected chi connectivity index (χ2v) is 5.75. The number of carbonyl (C=O) groups is 2. The Morgan fingerprint density at radius 2 is 1.85 bits per heavy atom. The van der Waals surface area contributed by atoms with Crippen LogP contribution in [0.5, 0.6) is 0 Å². The number of aromatic carboxylic acids is 1. The van der Waals surface area contributed by atoms with Crippen molar-refractivity contribution in [3.05, 3.63) is 56.4 Å². The number of amides is 1. The number of likely N-dealkylation sites (N-methyl/N-ethyl adjacent to an activating group) is 1. The lowest BCUT2D eigenvalue weighted by Gasteiger charge is -2.24. The Kier molecular flexibility index (Phi) is 3.77. The highest BCUT2D eigenvalue weighted by Crippen LogP contribution is 2.49. The number of nitrogens with zero attached hydrogens (tertiary/aromatic N) is 2. The number of aromatic amines is 1. The fourth-order valence-electron chi connectivity index (χ4n) is 2.81. The number of carbonyl (C=O) groups excluding carboxylic acids is 1. The molecule has 0 aliphatic carbocycles. The van der Waals surface area contributed by atoms with Gasteiger partial charge in [0.05, 0.1) is 11.4 Å². The van der Waals surface area contributed by atoms with Crippen LogP contribution in [0.15, 0.2) is 34.0 Å². The zero-order chi connectivity index (χ0) is 20.3. The van der Waals surface area contributed by atoms with Crippen molar-refractivity contribution >= 4 is 17.6 Å². The highest BCUT2D eigenvalue weighted by Gasteiger charge is 2.66. The first-order valence-electron chi connectivity index (χ1n) is 7.21. The molecule has 3 N–H and O–H groups in total. The van der Waals surface area contributed by atoms with Gasteiger partial charge in [-0.3, -0.25) is 19.1 Å². The Morgan fingerprint density at radius 1 is 1.22 bits per heavy atom. The molecule has 2 aromatic rings. The lowest BCUT2D eigenvalue weighted by molar-refractivity contribution is -0.253. The largest absolute Gasteiger partial charge is 0.477 e. The molecule has 1 aromatic carbocycles. The Hall–Kier alpha value is -3.41. The molecule has 27 heavy (non-hydrogen) atoms. The summed E-state index contributed by atoms with van der Waals surface area (Å²) < 4.78 is 40.8. The topological polar surface area (TPSA) is 133 Å². The average molecular weight is 385 g/mol. The van der Waals surface area contributed by atoms with Crippen LogP contribution >= 0.6 is 0 Å². The predicted molar refractivity (Wildman–Crippen MR) is 83.0 cm³/mol. The number of halogens is 3. The van der Waals surface area contributed by atoms with E-state index in [0.717, 1.165) is 25.2 Å². The molecular weight excluding hydrogens is 375 g/mol. The highest BCUT2D eigenvalue weighted by molar-refractivity contribution is 6.07. The maximum atomic E-state index is 13.4. The van der Waals surface area contributed by atoms with Crippen molar-refractivity contribution < 1.29 is 33.0 Å². The summed E-state index contributed by atoms with van der Waals surface area (Å²) in [6.07, 6.45) is -4.71. The first kappa shape index (κ1) is 18.4. The molecule has 2 heterocycles. The molecule has 0 bridgehead atoms. The third-order valence-electron chi connectivity index (χ3n) is 4.21. The molecule has 0 spiro atoms. The number of carboxylic acids is 1. The summed E-state index contributed by atoms with van der Waals surface area (Å²) in [6, 6.07) is 2.93. The number of H-pyrrole nitrogens is 1. The number of fused-ring (bicyclic) bond motifs is 1. The molecule has 0 saturated carbocycles. The minimum absolute atomic E-state index is 0.237. The number of anilines is 1. The number of aliphatic hydroxyl groups is 1. The normalized spacial score (nSPS) is 19.3. The van der Waals surface area contributed by atoms with Gasteiger partial charge in [-0.1, -0.05) is 0 Å². The molecule has 0 fully saturated rings. The quantitative estimate of drug-likeness (QED) is 0.664. The molecule has 1 amide bonds. The molecular formula is C15H10F3N3O6. The maximum absolute atomic E-state index is 13.4. The number of hydrogen-bond donors (Lipinski definition) is 3. The van der Waals surface area contributed by atoms with Crippen molar-refractivity contribution in [3.63, 3.8) is 0 Å². The number of carboxylic acid groups (broad SMARTS) is 1. The molecule has 0 saturated heterocycles. The monoisotopic (exact) mass is 385 g/mol. The number of aromatic nitrogens is 2. The molecule has 3 rings (SSSR count). The standard InChI is InChI=1S/C15H10F3N3O6/c1-20-9-3-2-6(4-8(9)14(27,12(20)25)15(16,17)18)21-5-7(11(23)24)10(22)19-13(21)26/h2-5,27H,1H3,(H,23,24)(H,19,22,26). The smallest absolute Gasteiger partial charge is 0.430 e. The molecule has 142 valence electrons. The summed E-state index contributed by atoms with van der Waals surface area (Å²) >= 11 is 0. The minimum atomic E-state index is -5.34. The van der Waals surface area contributed by atoms with E-state index >= 15 is 0 Å². The van der Waals surface area contributed by atoms with Gasteiger partial charge in [0.2, 0.25) is 0 Å². The fourth-order valence-corrected chi connectivity index (χ4v) is 2.81. The molecule has 0 radical (unpaired) electrons. The fraction of sp³-hybridized carbons (Fsp3) is 0.200. The Balaban J connectivity index is 2.29. The highest BCUT2D eigenvalue weighted by atomic mass is 19.4. The van der Waals surface area contributed by atoms with Gasteiger partial charge in [-0.05, 0) is 18.2 Å². The number of nitrogens with one attached hydrogen (secondary N) is 1. The van der Waals surface area contributed by atoms with Gasteiger partial charge in [-0.25, -0.2) is 9.59 Å². The summed E-state index contributed by atoms with van der Waals surface area (Å²) in [5, 5.41) is 19.1. The molecule has 12 heteroatoms. The molecule has 1 aliphatic rings. The maximum Gasteiger partial charge on any atom is 0.430 e. The van der Waals surface area contributed by atoms with Crippen molar-refractivity contribution in [1.82, 2.24) is 9.55 Å². The Bertz CT molecular complexity index is 1100. The molecule has 1 atom stereocenters. The van der Waals surface area contributed by atoms with E-state index in [1.165, 1.54) is 0 Å². The van der Waals surface area contributed by atoms with Crippen molar-refractivity contribution in [1.29, 1.82) is 0 Å². The Labute approximate surface area is 146 Å². The van der Waals surface area contributed by atoms with E-state index in [-0.39, 0.29) is 11.4 Å². The first-order valence-corrected chi connectivity index (χ1v) is 7.21. The van der Waals surface area contributed by atoms with E-state index in [1.54, 1.807) is 4.98 Å². The van der Waals surface area contributed by atoms with E-state index in [9.17, 15) is 37.5 Å². The third-order valence-corrected chi connectivity index (χ3v) is 4.21. The van der Waals surface area contributed by atoms with Gasteiger partial charge in [0, 0.05) is 18.8 Å². The number of rotatable bonds is 2. The van der Waals surface area contributed by atoms with Crippen molar-refractivity contribution in [2.45, 2.75) is 11.8 Å². The summed E-state index contributed by atoms with van der Waals surface area (Å²) in [6.45, 7) is 0. The van der Waals surface area contributed by atoms with Crippen LogP contribution in [0.2, 0.25) is 0 Å². The zero-order valence-corrected chi connectivity index (χ0v) is 13.4. The summed E-state index contributed by atoms with van der Waals surface area (Å²) in [5.41, 5.74) is -8.30. The van der Waals surface area contributed by atoms with Crippen LogP contribution < -0.4 is 16.1 Å². The van der Waals surface area contributed by atoms with Crippen LogP contribution in [0.25, 0.3) is 5.69 Å². The van der Waals surface area contributed by atoms with Gasteiger partial charge in [0.15, 0.2) is 0 Å². The van der Waals surface area contributed by atoms with E-state index < -0.39 is 46.0 Å². The van der Waals surface area contributed by atoms with Crippen LogP contribution in [0.4, 0.5) is 18.9 Å². The van der Waals surface area contributed by atoms with Gasteiger partial charge >= 0.3 is 17.8 Å². The number of benzene rings is 1. The van der Waals surface area contributed by atoms with E-state index in [1.807, 2.05) is 0 Å². The average Bonchev–Trinajstić information content (AvgIpc) is 2.76. The lowest BCUT2D eigenvalue weighted by atomic mass is 9.94. The summed E-state index contributed by atoms with van der Waals surface area (Å²) in [5.74, 6) is -3.28. The molecule has 1 unspecified atom stereocenters. The zero-order valence-electron chi connectivity index (χ0n) is 13.4. The lowest BCUT2D eigenvalue weighted by Crippen LogP contribution is -2.50. The second-order valence-electron chi connectivity index (χ2n) is 5.75. The van der Waals surface area contributed by atoms with Crippen molar-refractivity contribution in [3.8, 4) is 5.69 Å². The summed E-state index contributed by atoms with van der Waals surface area (Å²) in [4.78, 5) is 48.8. The second kappa shape index (κ2) is 5.54. The van der Waals surface area contributed by atoms with E-state index in [2.05, 4.69) is 0 Å². The van der Waals surface area contributed by atoms with Crippen LogP contribution in [-0.2, 0) is 10.4 Å². The van der Waals surface area contributed by atoms with Crippen LogP contribution in [-0.4, -0.2) is 44.9 Å². The van der Waals surface area contributed by atoms with Crippen molar-refractivity contribution in [2.24, 2.45) is 0 Å². The molecule has 9 nitrogen and oxygen atoms in total. The van der Waals surface area contributed by atoms with Gasteiger partial charge in [0.1, 0.15) is 5.56 Å². The van der Waals surface area contributed by atoms with E-state index in [0.29, 0.717) is 15.7 Å². The number of alkyl halides is 3. The Morgan fingerprint density at radius 3 is 2.41 bits per heavy atom. The summed E-state index contributed by atoms with van der Waals surface area (Å²) in [7, 11) is 1.04. The van der Waals surface area contributed by atoms with Crippen LogP contribution in [0, 0.1) is 0 Å². The third kappa shape index (κ3) is 2.44. The van der Waals surface area contributed by atoms with Gasteiger partial charge in [-0.2, -0.15) is 13.2 Å².